The molecule has 25 heavy (non-hydrogen) atoms. The zero-order valence-electron chi connectivity index (χ0n) is 13.3. The molecule has 0 spiro atoms. The van der Waals surface area contributed by atoms with Crippen molar-refractivity contribution < 1.29 is 18.7 Å². The van der Waals surface area contributed by atoms with Crippen LogP contribution in [-0.4, -0.2) is 0 Å². The second-order valence-corrected chi connectivity index (χ2v) is 5.73. The molecule has 1 aliphatic heterocycles. The maximum atomic E-state index is 14.8. The van der Waals surface area contributed by atoms with Crippen LogP contribution in [0.3, 0.4) is 0 Å². The number of halogens is 1. The number of hydrogen-bond acceptors (Lipinski definition) is 4. The summed E-state index contributed by atoms with van der Waals surface area (Å²) in [7, 11) is 0. The zero-order valence-corrected chi connectivity index (χ0v) is 13.3. The van der Waals surface area contributed by atoms with Crippen LogP contribution in [0.15, 0.2) is 72.8 Å². The number of benzene rings is 3. The topological polar surface area (TPSA) is 53.7 Å². The Morgan fingerprint density at radius 1 is 0.840 bits per heavy atom. The Balaban J connectivity index is 1.86. The predicted molar refractivity (Wildman–Crippen MR) is 90.3 cm³/mol. The molecule has 1 heterocycles. The van der Waals surface area contributed by atoms with Gasteiger partial charge in [-0.1, -0.05) is 60.7 Å². The third kappa shape index (κ3) is 2.54. The van der Waals surface area contributed by atoms with Crippen LogP contribution in [0, 0.1) is 5.82 Å². The maximum Gasteiger partial charge on any atom is 0.305 e. The number of hydrogen-bond donors (Lipinski definition) is 1. The fourth-order valence-corrected chi connectivity index (χ4v) is 2.99. The molecule has 0 fully saturated rings. The van der Waals surface area contributed by atoms with E-state index in [2.05, 4.69) is 4.84 Å². The molecule has 0 saturated carbocycles. The van der Waals surface area contributed by atoms with E-state index in [0.717, 1.165) is 11.1 Å². The Morgan fingerprint density at radius 3 is 2.00 bits per heavy atom. The van der Waals surface area contributed by atoms with Crippen molar-refractivity contribution in [1.29, 1.82) is 0 Å². The number of ether oxygens (including phenoxy) is 2. The van der Waals surface area contributed by atoms with Crippen LogP contribution in [-0.2, 0) is 17.2 Å². The summed E-state index contributed by atoms with van der Waals surface area (Å²) in [5, 5.41) is 0. The Kier molecular flexibility index (Phi) is 3.87. The fourth-order valence-electron chi connectivity index (χ4n) is 2.99. The van der Waals surface area contributed by atoms with Crippen molar-refractivity contribution in [3.63, 3.8) is 0 Å². The molecule has 0 amide bonds. The maximum absolute atomic E-state index is 14.8. The lowest BCUT2D eigenvalue weighted by Gasteiger charge is -2.28. The monoisotopic (exact) mass is 337 g/mol. The van der Waals surface area contributed by atoms with E-state index in [9.17, 15) is 4.39 Å². The van der Waals surface area contributed by atoms with E-state index in [1.54, 1.807) is 12.1 Å². The van der Waals surface area contributed by atoms with E-state index in [1.165, 1.54) is 0 Å². The molecule has 2 N–H and O–H groups in total. The predicted octanol–water partition coefficient (Wildman–Crippen LogP) is 3.89. The van der Waals surface area contributed by atoms with E-state index >= 15 is 0 Å². The van der Waals surface area contributed by atoms with Crippen LogP contribution < -0.4 is 15.4 Å². The van der Waals surface area contributed by atoms with Crippen LogP contribution in [0.5, 0.6) is 11.5 Å². The first-order chi connectivity index (χ1) is 12.2. The Morgan fingerprint density at radius 2 is 1.44 bits per heavy atom. The summed E-state index contributed by atoms with van der Waals surface area (Å²) in [6, 6.07) is 22.2. The number of fused-ring (bicyclic) bond motifs is 1. The van der Waals surface area contributed by atoms with Gasteiger partial charge in [0, 0.05) is 16.7 Å². The lowest BCUT2D eigenvalue weighted by molar-refractivity contribution is -0.0473. The minimum Gasteiger partial charge on any atom is -0.440 e. The Hall–Kier alpha value is -2.89. The normalized spacial score (nSPS) is 14.5. The molecule has 0 atom stereocenters. The van der Waals surface area contributed by atoms with Crippen LogP contribution >= 0.6 is 0 Å². The molecule has 0 unspecified atom stereocenters. The van der Waals surface area contributed by atoms with E-state index < -0.39 is 11.6 Å². The first kappa shape index (κ1) is 15.6. The summed E-state index contributed by atoms with van der Waals surface area (Å²) in [6.45, 7) is -0.0495. The van der Waals surface area contributed by atoms with Gasteiger partial charge in [-0.05, 0) is 12.1 Å². The summed E-state index contributed by atoms with van der Waals surface area (Å²) in [6.07, 6.45) is 0. The van der Waals surface area contributed by atoms with Gasteiger partial charge in [0.15, 0.2) is 11.6 Å². The van der Waals surface area contributed by atoms with E-state index in [4.69, 9.17) is 15.4 Å². The van der Waals surface area contributed by atoms with Crippen LogP contribution in [0.25, 0.3) is 0 Å². The highest BCUT2D eigenvalue weighted by Crippen LogP contribution is 2.49. The molecule has 0 aromatic heterocycles. The molecule has 4 rings (SSSR count). The van der Waals surface area contributed by atoms with Crippen LogP contribution in [0.1, 0.15) is 16.7 Å². The van der Waals surface area contributed by atoms with Gasteiger partial charge in [-0.2, -0.15) is 0 Å². The minimum atomic E-state index is -1.24. The van der Waals surface area contributed by atoms with Crippen molar-refractivity contribution >= 4 is 0 Å². The van der Waals surface area contributed by atoms with Crippen molar-refractivity contribution in [2.75, 3.05) is 0 Å². The van der Waals surface area contributed by atoms with Gasteiger partial charge in [-0.15, -0.1) is 0 Å². The summed E-state index contributed by atoms with van der Waals surface area (Å²) in [5.41, 5.74) is 1.85. The molecule has 0 saturated heterocycles. The summed E-state index contributed by atoms with van der Waals surface area (Å²) >= 11 is 0. The summed E-state index contributed by atoms with van der Waals surface area (Å²) in [4.78, 5) is 4.55. The van der Waals surface area contributed by atoms with Gasteiger partial charge in [0.2, 0.25) is 5.75 Å². The quantitative estimate of drug-likeness (QED) is 0.734. The number of nitrogens with two attached hydrogens (primary N) is 1. The first-order valence-electron chi connectivity index (χ1n) is 7.87. The Bertz CT molecular complexity index is 845. The largest absolute Gasteiger partial charge is 0.440 e. The summed E-state index contributed by atoms with van der Waals surface area (Å²) < 4.78 is 27.0. The first-order valence-corrected chi connectivity index (χ1v) is 7.87. The average Bonchev–Trinajstić information content (AvgIpc) is 3.08. The average molecular weight is 337 g/mol. The lowest BCUT2D eigenvalue weighted by Crippen LogP contribution is -2.36. The molecule has 126 valence electrons. The summed E-state index contributed by atoms with van der Waals surface area (Å²) in [5.74, 6) is 3.69. The van der Waals surface area contributed by atoms with Gasteiger partial charge in [0.25, 0.3) is 0 Å². The van der Waals surface area contributed by atoms with Gasteiger partial charge in [0.05, 0.1) is 6.61 Å². The van der Waals surface area contributed by atoms with Crippen molar-refractivity contribution in [3.8, 4) is 11.5 Å². The smallest absolute Gasteiger partial charge is 0.305 e. The molecular formula is C20H16FNO3. The van der Waals surface area contributed by atoms with Crippen molar-refractivity contribution in [2.24, 2.45) is 5.90 Å². The van der Waals surface area contributed by atoms with Gasteiger partial charge in [0.1, 0.15) is 0 Å². The molecule has 3 aromatic carbocycles. The van der Waals surface area contributed by atoms with Gasteiger partial charge in [-0.3, -0.25) is 4.84 Å². The van der Waals surface area contributed by atoms with E-state index in [-0.39, 0.29) is 12.4 Å². The lowest BCUT2D eigenvalue weighted by atomic mass is 9.97. The Labute approximate surface area is 144 Å². The second kappa shape index (κ2) is 6.20. The van der Waals surface area contributed by atoms with Crippen molar-refractivity contribution in [3.05, 3.63) is 95.3 Å². The van der Waals surface area contributed by atoms with Crippen LogP contribution in [0.4, 0.5) is 4.39 Å². The third-order valence-corrected chi connectivity index (χ3v) is 4.19. The minimum absolute atomic E-state index is 0.0495. The molecule has 0 aliphatic carbocycles. The van der Waals surface area contributed by atoms with Gasteiger partial charge < -0.3 is 9.47 Å². The third-order valence-electron chi connectivity index (χ3n) is 4.19. The SMILES string of the molecule is NOCc1ccc2c(c1F)OC(c1ccccc1)(c1ccccc1)O2. The van der Waals surface area contributed by atoms with E-state index in [0.29, 0.717) is 11.3 Å². The van der Waals surface area contributed by atoms with Gasteiger partial charge in [-0.25, -0.2) is 10.3 Å². The zero-order chi connectivity index (χ0) is 17.3. The fraction of sp³-hybridized carbons (Fsp3) is 0.100. The standard InChI is InChI=1S/C20H16FNO3/c21-18-14(13-23-22)11-12-17-19(18)25-20(24-17,15-7-3-1-4-8-15)16-9-5-2-6-10-16/h1-12H,13,22H2. The molecular weight excluding hydrogens is 321 g/mol. The molecule has 0 bridgehead atoms. The second-order valence-electron chi connectivity index (χ2n) is 5.73. The highest BCUT2D eigenvalue weighted by Gasteiger charge is 2.46. The van der Waals surface area contributed by atoms with Crippen molar-refractivity contribution in [1.82, 2.24) is 0 Å². The van der Waals surface area contributed by atoms with Gasteiger partial charge >= 0.3 is 5.79 Å². The molecule has 5 heteroatoms. The highest BCUT2D eigenvalue weighted by atomic mass is 19.1. The highest BCUT2D eigenvalue weighted by molar-refractivity contribution is 5.51. The van der Waals surface area contributed by atoms with Crippen molar-refractivity contribution in [2.45, 2.75) is 12.4 Å². The molecule has 3 aromatic rings. The van der Waals surface area contributed by atoms with E-state index in [1.807, 2.05) is 60.7 Å². The molecule has 4 nitrogen and oxygen atoms in total. The van der Waals surface area contributed by atoms with Crippen LogP contribution in [0.2, 0.25) is 0 Å². The number of rotatable bonds is 4. The molecule has 1 aliphatic rings. The molecule has 0 radical (unpaired) electrons.